The van der Waals surface area contributed by atoms with E-state index in [-0.39, 0.29) is 0 Å². The molecule has 0 spiro atoms. The van der Waals surface area contributed by atoms with Gasteiger partial charge in [0.15, 0.2) is 5.82 Å². The predicted molar refractivity (Wildman–Crippen MR) is 115 cm³/mol. The minimum Gasteiger partial charge on any atom is -0.270 e. The number of aryl methyl sites for hydroxylation is 2. The number of halogens is 1. The van der Waals surface area contributed by atoms with Gasteiger partial charge in [0.25, 0.3) is 0 Å². The number of aromatic nitrogens is 4. The summed E-state index contributed by atoms with van der Waals surface area (Å²) in [4.78, 5) is 5.33. The summed E-state index contributed by atoms with van der Waals surface area (Å²) in [5.74, 6) is 1.77. The van der Waals surface area contributed by atoms with Crippen molar-refractivity contribution < 1.29 is 0 Å². The Morgan fingerprint density at radius 1 is 1.11 bits per heavy atom. The largest absolute Gasteiger partial charge is 0.270 e. The SMILES string of the molecule is CCCCCC1(C)N=C(c2ccc(Cl)cc2)c2c(C)nsc2-n2c(C)nnc21. The highest BCUT2D eigenvalue weighted by Crippen LogP contribution is 2.40. The van der Waals surface area contributed by atoms with Gasteiger partial charge in [-0.05, 0) is 50.9 Å². The van der Waals surface area contributed by atoms with Gasteiger partial charge in [-0.15, -0.1) is 10.2 Å². The summed E-state index contributed by atoms with van der Waals surface area (Å²) in [5.41, 5.74) is 3.60. The average molecular weight is 414 g/mol. The van der Waals surface area contributed by atoms with Crippen LogP contribution in [-0.2, 0) is 5.54 Å². The fourth-order valence-corrected chi connectivity index (χ4v) is 4.87. The monoisotopic (exact) mass is 413 g/mol. The van der Waals surface area contributed by atoms with Crippen LogP contribution < -0.4 is 0 Å². The summed E-state index contributed by atoms with van der Waals surface area (Å²) < 4.78 is 6.79. The van der Waals surface area contributed by atoms with E-state index < -0.39 is 5.54 Å². The van der Waals surface area contributed by atoms with Crippen LogP contribution in [0.1, 0.15) is 68.0 Å². The van der Waals surface area contributed by atoms with Crippen molar-refractivity contribution in [2.75, 3.05) is 0 Å². The van der Waals surface area contributed by atoms with E-state index in [1.807, 2.05) is 38.1 Å². The maximum Gasteiger partial charge on any atom is 0.166 e. The summed E-state index contributed by atoms with van der Waals surface area (Å²) in [5, 5.41) is 10.7. The zero-order valence-electron chi connectivity index (χ0n) is 16.7. The van der Waals surface area contributed by atoms with Gasteiger partial charge >= 0.3 is 0 Å². The van der Waals surface area contributed by atoms with Crippen LogP contribution in [-0.4, -0.2) is 24.8 Å². The third-order valence-electron chi connectivity index (χ3n) is 5.33. The quantitative estimate of drug-likeness (QED) is 0.508. The summed E-state index contributed by atoms with van der Waals surface area (Å²) >= 11 is 7.62. The molecule has 5 nitrogen and oxygen atoms in total. The molecule has 0 radical (unpaired) electrons. The van der Waals surface area contributed by atoms with Crippen LogP contribution in [0.5, 0.6) is 0 Å². The maximum atomic E-state index is 6.14. The molecule has 0 fully saturated rings. The first kappa shape index (κ1) is 19.3. The number of benzene rings is 1. The number of hydrogen-bond donors (Lipinski definition) is 0. The molecule has 146 valence electrons. The lowest BCUT2D eigenvalue weighted by Gasteiger charge is -2.24. The third kappa shape index (κ3) is 3.18. The lowest BCUT2D eigenvalue weighted by Crippen LogP contribution is -2.24. The number of nitrogens with zero attached hydrogens (tertiary/aromatic N) is 5. The molecular weight excluding hydrogens is 390 g/mol. The highest BCUT2D eigenvalue weighted by molar-refractivity contribution is 7.09. The molecule has 0 N–H and O–H groups in total. The second-order valence-electron chi connectivity index (χ2n) is 7.55. The minimum absolute atomic E-state index is 0.448. The van der Waals surface area contributed by atoms with Crippen molar-refractivity contribution in [2.24, 2.45) is 4.99 Å². The molecule has 1 atom stereocenters. The Labute approximate surface area is 174 Å². The van der Waals surface area contributed by atoms with Gasteiger partial charge in [0.2, 0.25) is 0 Å². The minimum atomic E-state index is -0.448. The van der Waals surface area contributed by atoms with Gasteiger partial charge in [-0.3, -0.25) is 9.56 Å². The van der Waals surface area contributed by atoms with E-state index in [0.717, 1.165) is 57.0 Å². The first-order valence-corrected chi connectivity index (χ1v) is 10.8. The Kier molecular flexibility index (Phi) is 5.10. The van der Waals surface area contributed by atoms with Crippen LogP contribution in [0.4, 0.5) is 0 Å². The van der Waals surface area contributed by atoms with Crippen molar-refractivity contribution in [3.63, 3.8) is 0 Å². The van der Waals surface area contributed by atoms with Crippen LogP contribution >= 0.6 is 23.1 Å². The Balaban J connectivity index is 1.97. The second kappa shape index (κ2) is 7.41. The molecule has 7 heteroatoms. The molecule has 0 saturated carbocycles. The summed E-state index contributed by atoms with van der Waals surface area (Å²) in [6.45, 7) is 8.43. The molecule has 0 aliphatic carbocycles. The van der Waals surface area contributed by atoms with Crippen molar-refractivity contribution in [1.29, 1.82) is 0 Å². The van der Waals surface area contributed by atoms with Crippen LogP contribution in [0.2, 0.25) is 5.02 Å². The normalized spacial score (nSPS) is 18.4. The van der Waals surface area contributed by atoms with Crippen molar-refractivity contribution in [1.82, 2.24) is 19.1 Å². The van der Waals surface area contributed by atoms with Gasteiger partial charge in [-0.25, -0.2) is 0 Å². The fraction of sp³-hybridized carbons (Fsp3) is 0.429. The zero-order valence-corrected chi connectivity index (χ0v) is 18.2. The van der Waals surface area contributed by atoms with Crippen LogP contribution in [0, 0.1) is 13.8 Å². The summed E-state index contributed by atoms with van der Waals surface area (Å²) in [7, 11) is 0. The first-order chi connectivity index (χ1) is 13.4. The third-order valence-corrected chi connectivity index (χ3v) is 6.51. The fourth-order valence-electron chi connectivity index (χ4n) is 3.79. The van der Waals surface area contributed by atoms with E-state index in [4.69, 9.17) is 16.6 Å². The van der Waals surface area contributed by atoms with Gasteiger partial charge in [0, 0.05) is 10.6 Å². The Morgan fingerprint density at radius 2 is 1.86 bits per heavy atom. The predicted octanol–water partition coefficient (Wildman–Crippen LogP) is 5.64. The topological polar surface area (TPSA) is 56.0 Å². The van der Waals surface area contributed by atoms with Crippen LogP contribution in [0.3, 0.4) is 0 Å². The maximum absolute atomic E-state index is 6.14. The highest BCUT2D eigenvalue weighted by atomic mass is 35.5. The molecule has 1 aliphatic heterocycles. The summed E-state index contributed by atoms with van der Waals surface area (Å²) in [6, 6.07) is 7.90. The lowest BCUT2D eigenvalue weighted by atomic mass is 9.93. The molecule has 0 amide bonds. The van der Waals surface area contributed by atoms with E-state index >= 15 is 0 Å². The zero-order chi connectivity index (χ0) is 19.9. The lowest BCUT2D eigenvalue weighted by molar-refractivity contribution is 0.403. The molecule has 1 aromatic carbocycles. The molecular formula is C21H24ClN5S. The van der Waals surface area contributed by atoms with Crippen LogP contribution in [0.25, 0.3) is 5.00 Å². The number of rotatable bonds is 5. The van der Waals surface area contributed by atoms with Crippen molar-refractivity contribution in [3.8, 4) is 5.00 Å². The van der Waals surface area contributed by atoms with Crippen molar-refractivity contribution in [2.45, 2.75) is 58.9 Å². The molecule has 1 aliphatic rings. The first-order valence-electron chi connectivity index (χ1n) is 9.70. The molecule has 4 rings (SSSR count). The Morgan fingerprint density at radius 3 is 2.57 bits per heavy atom. The van der Waals surface area contributed by atoms with E-state index in [0.29, 0.717) is 0 Å². The highest BCUT2D eigenvalue weighted by Gasteiger charge is 2.38. The van der Waals surface area contributed by atoms with E-state index in [1.54, 1.807) is 0 Å². The number of hydrogen-bond acceptors (Lipinski definition) is 5. The van der Waals surface area contributed by atoms with E-state index in [2.05, 4.69) is 33.0 Å². The van der Waals surface area contributed by atoms with Gasteiger partial charge in [0.1, 0.15) is 16.4 Å². The molecule has 0 saturated heterocycles. The second-order valence-corrected chi connectivity index (χ2v) is 8.74. The van der Waals surface area contributed by atoms with Gasteiger partial charge in [-0.1, -0.05) is 49.9 Å². The van der Waals surface area contributed by atoms with E-state index in [9.17, 15) is 0 Å². The number of aliphatic imine (C=N–C) groups is 1. The van der Waals surface area contributed by atoms with Gasteiger partial charge in [-0.2, -0.15) is 4.37 Å². The Hall–Kier alpha value is -2.05. The standard InChI is InChI=1S/C21H24ClN5S/c1-5-6-7-12-21(4)20-25-24-14(3)27(20)19-17(13(2)26-28-19)18(23-21)15-8-10-16(22)11-9-15/h8-11H,5-7,12H2,1-4H3. The van der Waals surface area contributed by atoms with Crippen molar-refractivity contribution >= 4 is 28.8 Å². The molecule has 1 unspecified atom stereocenters. The molecule has 28 heavy (non-hydrogen) atoms. The number of unbranched alkanes of at least 4 members (excludes halogenated alkanes) is 2. The van der Waals surface area contributed by atoms with Gasteiger partial charge < -0.3 is 0 Å². The molecule has 2 aromatic heterocycles. The number of fused-ring (bicyclic) bond motifs is 3. The van der Waals surface area contributed by atoms with Crippen molar-refractivity contribution in [3.05, 3.63) is 57.8 Å². The van der Waals surface area contributed by atoms with Crippen LogP contribution in [0.15, 0.2) is 29.3 Å². The summed E-state index contributed by atoms with van der Waals surface area (Å²) in [6.07, 6.45) is 4.38. The molecule has 0 bridgehead atoms. The van der Waals surface area contributed by atoms with E-state index in [1.165, 1.54) is 24.4 Å². The van der Waals surface area contributed by atoms with Gasteiger partial charge in [0.05, 0.1) is 17.0 Å². The Bertz CT molecular complexity index is 1030. The molecule has 3 heterocycles. The average Bonchev–Trinajstić information content (AvgIpc) is 3.20. The molecule has 3 aromatic rings. The smallest absolute Gasteiger partial charge is 0.166 e.